The predicted molar refractivity (Wildman–Crippen MR) is 120 cm³/mol. The van der Waals surface area contributed by atoms with Crippen LogP contribution in [0.15, 0.2) is 52.3 Å². The van der Waals surface area contributed by atoms with Crippen molar-refractivity contribution in [3.05, 3.63) is 53.8 Å². The van der Waals surface area contributed by atoms with Crippen molar-refractivity contribution in [1.29, 1.82) is 0 Å². The number of fused-ring (bicyclic) bond motifs is 1. The van der Waals surface area contributed by atoms with Gasteiger partial charge in [0.1, 0.15) is 5.82 Å². The van der Waals surface area contributed by atoms with Gasteiger partial charge < -0.3 is 15.1 Å². The van der Waals surface area contributed by atoms with Crippen molar-refractivity contribution in [3.63, 3.8) is 0 Å². The third-order valence-corrected chi connectivity index (χ3v) is 9.17. The average Bonchev–Trinajstić information content (AvgIpc) is 2.79. The topological polar surface area (TPSA) is 98.2 Å². The Morgan fingerprint density at radius 1 is 0.974 bits per heavy atom. The molecule has 0 saturated carbocycles. The van der Waals surface area contributed by atoms with Gasteiger partial charge >= 0.3 is 12.4 Å². The van der Waals surface area contributed by atoms with Gasteiger partial charge in [0.2, 0.25) is 5.91 Å². The predicted octanol–water partition coefficient (Wildman–Crippen LogP) is 3.40. The molecule has 1 saturated heterocycles. The molecular weight excluding hydrogens is 569 g/mol. The second-order valence-electron chi connectivity index (χ2n) is 8.78. The highest BCUT2D eigenvalue weighted by Gasteiger charge is 2.71. The van der Waals surface area contributed by atoms with Gasteiger partial charge in [-0.25, -0.2) is 12.8 Å². The zero-order valence-corrected chi connectivity index (χ0v) is 20.6. The van der Waals surface area contributed by atoms with Crippen LogP contribution in [0.4, 0.5) is 36.4 Å². The Balaban J connectivity index is 1.79. The Morgan fingerprint density at radius 2 is 1.55 bits per heavy atom. The smallest absolute Gasteiger partial charge is 0.389 e. The molecule has 2 aromatic carbocycles. The van der Waals surface area contributed by atoms with Gasteiger partial charge in [0.05, 0.1) is 16.7 Å². The zero-order valence-electron chi connectivity index (χ0n) is 19.0. The van der Waals surface area contributed by atoms with Crippen molar-refractivity contribution < 1.29 is 54.2 Å². The molecule has 2 aliphatic rings. The van der Waals surface area contributed by atoms with Crippen LogP contribution in [0.5, 0.6) is 0 Å². The highest BCUT2D eigenvalue weighted by molar-refractivity contribution is 8.00. The van der Waals surface area contributed by atoms with Gasteiger partial charge in [0.15, 0.2) is 0 Å². The van der Waals surface area contributed by atoms with E-state index in [0.717, 1.165) is 28.6 Å². The van der Waals surface area contributed by atoms with Crippen molar-refractivity contribution in [3.8, 4) is 0 Å². The maximum Gasteiger partial charge on any atom is 0.430 e. The number of thioether (sulfide) groups is 1. The monoisotopic (exact) mass is 588 g/mol. The first kappa shape index (κ1) is 28.4. The van der Waals surface area contributed by atoms with Crippen LogP contribution in [0.25, 0.3) is 0 Å². The molecule has 1 amide bonds. The van der Waals surface area contributed by atoms with Gasteiger partial charge in [0.25, 0.3) is 15.6 Å². The van der Waals surface area contributed by atoms with Crippen LogP contribution < -0.4 is 4.31 Å². The van der Waals surface area contributed by atoms with E-state index < -0.39 is 61.5 Å². The maximum atomic E-state index is 13.5. The molecule has 0 spiro atoms. The number of carbonyl (C=O) groups is 1. The van der Waals surface area contributed by atoms with Gasteiger partial charge in [-0.2, -0.15) is 26.3 Å². The van der Waals surface area contributed by atoms with Gasteiger partial charge in [-0.1, -0.05) is 6.07 Å². The minimum absolute atomic E-state index is 0.0265. The molecule has 2 aliphatic heterocycles. The van der Waals surface area contributed by atoms with Gasteiger partial charge in [-0.3, -0.25) is 9.10 Å². The molecule has 16 heteroatoms. The molecule has 2 N–H and O–H groups in total. The molecule has 208 valence electrons. The number of aliphatic hydroxyl groups is 2. The van der Waals surface area contributed by atoms with Crippen molar-refractivity contribution in [1.82, 2.24) is 4.90 Å². The fourth-order valence-corrected chi connectivity index (χ4v) is 7.06. The van der Waals surface area contributed by atoms with E-state index in [1.165, 1.54) is 4.90 Å². The van der Waals surface area contributed by atoms with E-state index >= 15 is 0 Å². The van der Waals surface area contributed by atoms with Gasteiger partial charge in [-0.05, 0) is 36.4 Å². The normalized spacial score (nSPS) is 19.2. The summed E-state index contributed by atoms with van der Waals surface area (Å²) in [6.07, 6.45) is -13.4. The van der Waals surface area contributed by atoms with Crippen LogP contribution in [0.1, 0.15) is 12.0 Å². The molecule has 0 bridgehead atoms. The Hall–Kier alpha value is -2.56. The lowest BCUT2D eigenvalue weighted by Crippen LogP contribution is -2.54. The number of alkyl halides is 6. The number of likely N-dealkylation sites (tertiary alicyclic amines) is 1. The number of carbonyl (C=O) groups excluding carboxylic acids is 1. The minimum atomic E-state index is -6.16. The first-order valence-corrected chi connectivity index (χ1v) is 13.2. The molecule has 38 heavy (non-hydrogen) atoms. The number of sulfonamides is 1. The number of amides is 1. The fraction of sp³-hybridized carbons (Fsp3) is 0.409. The summed E-state index contributed by atoms with van der Waals surface area (Å²) in [5.74, 6) is -1.25. The molecule has 2 heterocycles. The van der Waals surface area contributed by atoms with E-state index in [2.05, 4.69) is 0 Å². The van der Waals surface area contributed by atoms with Crippen molar-refractivity contribution >= 4 is 33.4 Å². The van der Waals surface area contributed by atoms with Crippen LogP contribution >= 0.6 is 11.8 Å². The molecule has 0 aromatic heterocycles. The van der Waals surface area contributed by atoms with E-state index in [0.29, 0.717) is 30.0 Å². The highest BCUT2D eigenvalue weighted by Crippen LogP contribution is 2.52. The summed E-state index contributed by atoms with van der Waals surface area (Å²) in [5, 5.41) is 18.3. The maximum absolute atomic E-state index is 13.5. The van der Waals surface area contributed by atoms with Crippen molar-refractivity contribution in [2.45, 2.75) is 45.5 Å². The largest absolute Gasteiger partial charge is 0.430 e. The number of anilines is 1. The Morgan fingerprint density at radius 3 is 2.08 bits per heavy atom. The molecule has 0 radical (unpaired) electrons. The number of benzene rings is 2. The first-order chi connectivity index (χ1) is 17.4. The molecule has 7 nitrogen and oxygen atoms in total. The number of rotatable bonds is 5. The summed E-state index contributed by atoms with van der Waals surface area (Å²) in [6.45, 7) is -0.334. The number of aliphatic hydroxyl groups excluding tert-OH is 1. The van der Waals surface area contributed by atoms with E-state index in [-0.39, 0.29) is 36.6 Å². The Bertz CT molecular complexity index is 1310. The standard InChI is InChI=1S/C22H19F7N2O5S2/c23-13-2-4-16(5-3-13)38(35,36)31-11-15(8-19(33)30-9-14(32)10-30)37-18-7-12(1-6-17(18)31)20(34,21(24,25)26)22(27,28)29/h1-7,14-15,32,34H,8-11H2. The molecule has 1 fully saturated rings. The van der Waals surface area contributed by atoms with E-state index in [9.17, 15) is 54.2 Å². The Labute approximate surface area is 215 Å². The number of β-amino-alcohol motifs (C(OH)–C–C–N with tert-alkyl or cyclic N) is 1. The highest BCUT2D eigenvalue weighted by atomic mass is 32.2. The molecule has 0 aliphatic carbocycles. The zero-order chi connectivity index (χ0) is 28.3. The quantitative estimate of drug-likeness (QED) is 0.520. The molecule has 2 aromatic rings. The lowest BCUT2D eigenvalue weighted by molar-refractivity contribution is -0.376. The number of nitrogens with zero attached hydrogens (tertiary/aromatic N) is 2. The summed E-state index contributed by atoms with van der Waals surface area (Å²) in [5.41, 5.74) is -7.11. The van der Waals surface area contributed by atoms with Crippen LogP contribution in [0.3, 0.4) is 0 Å². The van der Waals surface area contributed by atoms with Gasteiger partial charge in [0, 0.05) is 41.8 Å². The second kappa shape index (κ2) is 9.57. The molecular formula is C22H19F7N2O5S2. The summed E-state index contributed by atoms with van der Waals surface area (Å²) >= 11 is 0.685. The SMILES string of the molecule is O=C(CC1CN(S(=O)(=O)c2ccc(F)cc2)c2ccc(C(O)(C(F)(F)F)C(F)(F)F)cc2S1)N1CC(O)C1. The summed E-state index contributed by atoms with van der Waals surface area (Å²) in [6, 6.07) is 5.04. The summed E-state index contributed by atoms with van der Waals surface area (Å²) < 4.78 is 122. The van der Waals surface area contributed by atoms with Crippen molar-refractivity contribution in [2.75, 3.05) is 23.9 Å². The van der Waals surface area contributed by atoms with Gasteiger partial charge in [-0.15, -0.1) is 11.8 Å². The Kier molecular flexibility index (Phi) is 7.16. The van der Waals surface area contributed by atoms with Crippen LogP contribution in [-0.2, 0) is 20.4 Å². The van der Waals surface area contributed by atoms with Crippen LogP contribution in [-0.4, -0.2) is 72.8 Å². The second-order valence-corrected chi connectivity index (χ2v) is 12.0. The summed E-state index contributed by atoms with van der Waals surface area (Å²) in [4.78, 5) is 13.1. The third kappa shape index (κ3) is 4.94. The minimum Gasteiger partial charge on any atom is -0.389 e. The number of hydrogen-bond donors (Lipinski definition) is 2. The first-order valence-electron chi connectivity index (χ1n) is 10.9. The van der Waals surface area contributed by atoms with Crippen molar-refractivity contribution in [2.24, 2.45) is 0 Å². The van der Waals surface area contributed by atoms with Crippen LogP contribution in [0.2, 0.25) is 0 Å². The lowest BCUT2D eigenvalue weighted by Gasteiger charge is -2.39. The third-order valence-electron chi connectivity index (χ3n) is 6.15. The molecule has 4 rings (SSSR count). The van der Waals surface area contributed by atoms with E-state index in [1.54, 1.807) is 0 Å². The molecule has 1 atom stereocenters. The number of halogens is 7. The number of hydrogen-bond acceptors (Lipinski definition) is 6. The average molecular weight is 589 g/mol. The fourth-order valence-electron chi connectivity index (χ4n) is 4.08. The van der Waals surface area contributed by atoms with E-state index in [1.807, 2.05) is 0 Å². The van der Waals surface area contributed by atoms with Crippen LogP contribution in [0, 0.1) is 5.82 Å². The lowest BCUT2D eigenvalue weighted by atomic mass is 9.92. The molecule has 1 unspecified atom stereocenters. The van der Waals surface area contributed by atoms with E-state index in [4.69, 9.17) is 0 Å². The summed E-state index contributed by atoms with van der Waals surface area (Å²) in [7, 11) is -4.51.